The van der Waals surface area contributed by atoms with E-state index in [1.165, 1.54) is 11.3 Å². The molecule has 1 aromatic carbocycles. The molecule has 140 valence electrons. The number of nitrogens with one attached hydrogen (secondary N) is 1. The predicted octanol–water partition coefficient (Wildman–Crippen LogP) is 1.29. The number of aromatic carboxylic acids is 1. The van der Waals surface area contributed by atoms with Crippen LogP contribution in [0.25, 0.3) is 0 Å². The van der Waals surface area contributed by atoms with E-state index in [0.29, 0.717) is 18.0 Å². The van der Waals surface area contributed by atoms with Gasteiger partial charge >= 0.3 is 17.1 Å². The van der Waals surface area contributed by atoms with Crippen LogP contribution in [0.5, 0.6) is 5.75 Å². The Balaban J connectivity index is 1.57. The van der Waals surface area contributed by atoms with E-state index in [1.807, 2.05) is 24.3 Å². The van der Waals surface area contributed by atoms with Gasteiger partial charge in [0.25, 0.3) is 0 Å². The first-order valence-corrected chi connectivity index (χ1v) is 9.17. The number of methoxy groups -OCH3 is 1. The average Bonchev–Trinajstić information content (AvgIpc) is 3.05. The number of carboxylic acids is 1. The molecule has 3 aromatic rings. The molecule has 0 amide bonds. The number of anilines is 1. The Labute approximate surface area is 157 Å². The first-order chi connectivity index (χ1) is 13.0. The van der Waals surface area contributed by atoms with E-state index < -0.39 is 17.1 Å². The summed E-state index contributed by atoms with van der Waals surface area (Å²) < 4.78 is 6.09. The number of carbonyl (C=O) groups is 1. The van der Waals surface area contributed by atoms with Crippen LogP contribution < -0.4 is 21.3 Å². The van der Waals surface area contributed by atoms with Crippen LogP contribution in [-0.2, 0) is 19.5 Å². The van der Waals surface area contributed by atoms with Gasteiger partial charge < -0.3 is 9.84 Å². The monoisotopic (exact) mass is 387 g/mol. The van der Waals surface area contributed by atoms with E-state index >= 15 is 0 Å². The van der Waals surface area contributed by atoms with Gasteiger partial charge in [-0.2, -0.15) is 4.68 Å². The third-order valence-electron chi connectivity index (χ3n) is 4.64. The Bertz CT molecular complexity index is 1070. The molecule has 2 N–H and O–H groups in total. The number of ether oxygens (including phenoxy) is 1. The minimum atomic E-state index is -1.06. The lowest BCUT2D eigenvalue weighted by Gasteiger charge is -2.27. The van der Waals surface area contributed by atoms with Crippen molar-refractivity contribution in [3.63, 3.8) is 0 Å². The topological polar surface area (TPSA) is 101 Å². The predicted molar refractivity (Wildman–Crippen MR) is 100 cm³/mol. The highest BCUT2D eigenvalue weighted by molar-refractivity contribution is 7.16. The summed E-state index contributed by atoms with van der Waals surface area (Å²) in [7, 11) is 1.63. The number of hydrogen-bond acceptors (Lipinski definition) is 7. The summed E-state index contributed by atoms with van der Waals surface area (Å²) >= 11 is 1.28. The molecule has 3 heterocycles. The van der Waals surface area contributed by atoms with Crippen LogP contribution in [-0.4, -0.2) is 34.3 Å². The molecule has 0 unspecified atom stereocenters. The van der Waals surface area contributed by atoms with Crippen molar-refractivity contribution in [3.8, 4) is 5.75 Å². The molecule has 9 heteroatoms. The van der Waals surface area contributed by atoms with Crippen LogP contribution in [0, 0.1) is 0 Å². The van der Waals surface area contributed by atoms with E-state index in [0.717, 1.165) is 39.5 Å². The quantitative estimate of drug-likeness (QED) is 0.615. The van der Waals surface area contributed by atoms with E-state index in [-0.39, 0.29) is 5.56 Å². The molecule has 1 aliphatic heterocycles. The fourth-order valence-electron chi connectivity index (χ4n) is 3.26. The summed E-state index contributed by atoms with van der Waals surface area (Å²) in [4.78, 5) is 37.3. The van der Waals surface area contributed by atoms with Crippen LogP contribution in [0.15, 0.2) is 33.9 Å². The molecular weight excluding hydrogens is 370 g/mol. The molecular formula is C18H17N3O5S. The Kier molecular flexibility index (Phi) is 4.33. The molecule has 0 fully saturated rings. The zero-order chi connectivity index (χ0) is 19.1. The van der Waals surface area contributed by atoms with Crippen LogP contribution in [0.3, 0.4) is 0 Å². The van der Waals surface area contributed by atoms with Crippen molar-refractivity contribution >= 4 is 22.3 Å². The van der Waals surface area contributed by atoms with Crippen LogP contribution in [0.2, 0.25) is 0 Å². The number of benzene rings is 1. The standard InChI is InChI=1S/C18H17N3O5S/c1-26-11-4-2-3-10(7-11)8-20-6-5-12-13(9-20)27-15(14(12)18(24)25)19-21-16(22)17(21)23/h2-4,7,19H,5-6,8-9H2,1H3,(H,24,25). The van der Waals surface area contributed by atoms with Crippen molar-refractivity contribution < 1.29 is 14.6 Å². The summed E-state index contributed by atoms with van der Waals surface area (Å²) in [6, 6.07) is 7.85. The Morgan fingerprint density at radius 3 is 2.78 bits per heavy atom. The highest BCUT2D eigenvalue weighted by atomic mass is 32.1. The zero-order valence-corrected chi connectivity index (χ0v) is 15.3. The number of aromatic nitrogens is 1. The number of rotatable bonds is 6. The smallest absolute Gasteiger partial charge is 0.340 e. The molecule has 8 nitrogen and oxygen atoms in total. The summed E-state index contributed by atoms with van der Waals surface area (Å²) in [5.41, 5.74) is 3.38. The van der Waals surface area contributed by atoms with Crippen LogP contribution in [0.1, 0.15) is 26.4 Å². The third kappa shape index (κ3) is 3.26. The lowest BCUT2D eigenvalue weighted by atomic mass is 10.0. The SMILES string of the molecule is COc1cccc(CN2CCc3c(sc(Nn4c(=O)c4=O)c3C(=O)O)C2)c1. The van der Waals surface area contributed by atoms with Crippen molar-refractivity contribution in [2.45, 2.75) is 19.5 Å². The van der Waals surface area contributed by atoms with Crippen molar-refractivity contribution in [1.29, 1.82) is 0 Å². The molecule has 27 heavy (non-hydrogen) atoms. The molecule has 0 spiro atoms. The van der Waals surface area contributed by atoms with Gasteiger partial charge in [0, 0.05) is 24.5 Å². The molecule has 0 radical (unpaired) electrons. The normalized spacial score (nSPS) is 14.3. The van der Waals surface area contributed by atoms with Gasteiger partial charge in [-0.05, 0) is 29.7 Å². The molecule has 0 saturated carbocycles. The van der Waals surface area contributed by atoms with Gasteiger partial charge in [0.15, 0.2) is 0 Å². The van der Waals surface area contributed by atoms with E-state index in [1.54, 1.807) is 7.11 Å². The minimum Gasteiger partial charge on any atom is -0.497 e. The van der Waals surface area contributed by atoms with Gasteiger partial charge in [0.1, 0.15) is 10.8 Å². The first-order valence-electron chi connectivity index (χ1n) is 8.36. The Hall–Kier alpha value is -2.91. The van der Waals surface area contributed by atoms with Crippen LogP contribution in [0.4, 0.5) is 5.00 Å². The van der Waals surface area contributed by atoms with Crippen molar-refractivity contribution in [1.82, 2.24) is 9.58 Å². The second kappa shape index (κ2) is 6.67. The first kappa shape index (κ1) is 17.5. The summed E-state index contributed by atoms with van der Waals surface area (Å²) in [5, 5.41) is 9.91. The third-order valence-corrected chi connectivity index (χ3v) is 5.76. The molecule has 2 aromatic heterocycles. The Morgan fingerprint density at radius 1 is 1.33 bits per heavy atom. The number of thiophene rings is 1. The molecule has 0 saturated heterocycles. The fraction of sp³-hybridized carbons (Fsp3) is 0.278. The highest BCUT2D eigenvalue weighted by Gasteiger charge is 2.29. The zero-order valence-electron chi connectivity index (χ0n) is 14.5. The Morgan fingerprint density at radius 2 is 2.11 bits per heavy atom. The van der Waals surface area contributed by atoms with Crippen molar-refractivity contribution in [3.05, 3.63) is 66.5 Å². The number of fused-ring (bicyclic) bond motifs is 1. The molecule has 1 aliphatic rings. The van der Waals surface area contributed by atoms with Gasteiger partial charge in [0.05, 0.1) is 12.7 Å². The molecule has 0 bridgehead atoms. The van der Waals surface area contributed by atoms with E-state index in [4.69, 9.17) is 4.74 Å². The van der Waals surface area contributed by atoms with Crippen molar-refractivity contribution in [2.24, 2.45) is 0 Å². The lowest BCUT2D eigenvalue weighted by Crippen LogP contribution is -2.29. The van der Waals surface area contributed by atoms with Gasteiger partial charge in [-0.3, -0.25) is 19.9 Å². The maximum Gasteiger partial charge on any atom is 0.340 e. The van der Waals surface area contributed by atoms with E-state index in [9.17, 15) is 19.5 Å². The molecule has 4 rings (SSSR count). The maximum atomic E-state index is 11.7. The van der Waals surface area contributed by atoms with Crippen molar-refractivity contribution in [2.75, 3.05) is 19.1 Å². The summed E-state index contributed by atoms with van der Waals surface area (Å²) in [5.74, 6) is -0.258. The van der Waals surface area contributed by atoms with Gasteiger partial charge in [0.2, 0.25) is 0 Å². The number of carboxylic acid groups (broad SMARTS) is 1. The van der Waals surface area contributed by atoms with E-state index in [2.05, 4.69) is 10.3 Å². The second-order valence-corrected chi connectivity index (χ2v) is 7.49. The minimum absolute atomic E-state index is 0.156. The summed E-state index contributed by atoms with van der Waals surface area (Å²) in [6.45, 7) is 2.06. The summed E-state index contributed by atoms with van der Waals surface area (Å²) in [6.07, 6.45) is 0.598. The molecule has 0 aliphatic carbocycles. The van der Waals surface area contributed by atoms with Gasteiger partial charge in [-0.25, -0.2) is 4.79 Å². The highest BCUT2D eigenvalue weighted by Crippen LogP contribution is 2.37. The van der Waals surface area contributed by atoms with Gasteiger partial charge in [-0.1, -0.05) is 12.1 Å². The van der Waals surface area contributed by atoms with Gasteiger partial charge in [-0.15, -0.1) is 11.3 Å². The maximum absolute atomic E-state index is 11.7. The second-order valence-electron chi connectivity index (χ2n) is 6.38. The van der Waals surface area contributed by atoms with Crippen LogP contribution >= 0.6 is 11.3 Å². The number of hydrogen-bond donors (Lipinski definition) is 2. The number of nitrogens with zero attached hydrogens (tertiary/aromatic N) is 2. The molecule has 0 atom stereocenters. The average molecular weight is 387 g/mol. The fourth-order valence-corrected chi connectivity index (χ4v) is 4.53. The lowest BCUT2D eigenvalue weighted by molar-refractivity contribution is 0.0696. The largest absolute Gasteiger partial charge is 0.497 e.